The van der Waals surface area contributed by atoms with Crippen molar-refractivity contribution in [1.82, 2.24) is 26.6 Å². The molecule has 0 aliphatic heterocycles. The zero-order valence-electron chi connectivity index (χ0n) is 17.5. The van der Waals surface area contributed by atoms with Crippen LogP contribution >= 0.6 is 0 Å². The van der Waals surface area contributed by atoms with Gasteiger partial charge in [0.15, 0.2) is 0 Å². The van der Waals surface area contributed by atoms with Crippen molar-refractivity contribution in [3.8, 4) is 0 Å². The topological polar surface area (TPSA) is 146 Å². The van der Waals surface area contributed by atoms with Crippen molar-refractivity contribution in [2.45, 2.75) is 32.8 Å². The fourth-order valence-corrected chi connectivity index (χ4v) is 2.58. The standard InChI is InChI=1S/C18H29N5O6S/c1-18(2,3)29-17(26)22-23(12-13-30(4,27)28)16(25)21-20-15(24)19-11-10-14-8-6-5-7-9-14/h5-9H,10-13H2,1-4H3,(H,21,25)(H,22,26)(H2,19,20,24). The Morgan fingerprint density at radius 1 is 1.07 bits per heavy atom. The first-order valence-electron chi connectivity index (χ1n) is 9.18. The van der Waals surface area contributed by atoms with E-state index in [1.807, 2.05) is 30.3 Å². The Labute approximate surface area is 176 Å². The van der Waals surface area contributed by atoms with E-state index in [1.54, 1.807) is 20.8 Å². The van der Waals surface area contributed by atoms with Crippen LogP contribution in [0, 0.1) is 0 Å². The highest BCUT2D eigenvalue weighted by Gasteiger charge is 2.22. The fraction of sp³-hybridized carbons (Fsp3) is 0.500. The number of urea groups is 2. The van der Waals surface area contributed by atoms with Gasteiger partial charge in [0.1, 0.15) is 15.4 Å². The van der Waals surface area contributed by atoms with Crippen molar-refractivity contribution >= 4 is 28.0 Å². The van der Waals surface area contributed by atoms with Crippen molar-refractivity contribution in [2.24, 2.45) is 0 Å². The molecule has 4 N–H and O–H groups in total. The fourth-order valence-electron chi connectivity index (χ4n) is 2.06. The molecule has 1 aromatic carbocycles. The van der Waals surface area contributed by atoms with Crippen LogP contribution < -0.4 is 21.6 Å². The lowest BCUT2D eigenvalue weighted by Crippen LogP contribution is -2.57. The molecular formula is C18H29N5O6S. The summed E-state index contributed by atoms with van der Waals surface area (Å²) in [7, 11) is -3.41. The van der Waals surface area contributed by atoms with Crippen LogP contribution in [0.4, 0.5) is 14.4 Å². The van der Waals surface area contributed by atoms with Crippen molar-refractivity contribution in [3.63, 3.8) is 0 Å². The van der Waals surface area contributed by atoms with Gasteiger partial charge in [-0.2, -0.15) is 0 Å². The van der Waals surface area contributed by atoms with Gasteiger partial charge in [0, 0.05) is 12.8 Å². The predicted molar refractivity (Wildman–Crippen MR) is 111 cm³/mol. The van der Waals surface area contributed by atoms with Crippen LogP contribution in [0.3, 0.4) is 0 Å². The molecule has 0 bridgehead atoms. The minimum Gasteiger partial charge on any atom is -0.443 e. The lowest BCUT2D eigenvalue weighted by molar-refractivity contribution is 0.0383. The smallest absolute Gasteiger partial charge is 0.426 e. The summed E-state index contributed by atoms with van der Waals surface area (Å²) in [5.41, 5.74) is 6.61. The number of rotatable bonds is 6. The van der Waals surface area contributed by atoms with Crippen LogP contribution in [0.2, 0.25) is 0 Å². The third kappa shape index (κ3) is 11.7. The number of hydrazine groups is 2. The Morgan fingerprint density at radius 2 is 1.70 bits per heavy atom. The molecule has 168 valence electrons. The Balaban J connectivity index is 2.53. The summed E-state index contributed by atoms with van der Waals surface area (Å²) in [5.74, 6) is -0.403. The minimum atomic E-state index is -3.41. The zero-order valence-corrected chi connectivity index (χ0v) is 18.3. The quantitative estimate of drug-likeness (QED) is 0.481. The molecule has 0 heterocycles. The number of hydrogen-bond acceptors (Lipinski definition) is 6. The number of nitrogens with zero attached hydrogens (tertiary/aromatic N) is 1. The van der Waals surface area contributed by atoms with Crippen molar-refractivity contribution in [1.29, 1.82) is 0 Å². The summed E-state index contributed by atoms with van der Waals surface area (Å²) in [5, 5.41) is 3.27. The van der Waals surface area contributed by atoms with Gasteiger partial charge >= 0.3 is 18.2 Å². The summed E-state index contributed by atoms with van der Waals surface area (Å²) in [4.78, 5) is 36.0. The maximum absolute atomic E-state index is 12.3. The Hall–Kier alpha value is -3.02. The average Bonchev–Trinajstić information content (AvgIpc) is 2.62. The molecule has 0 spiro atoms. The highest BCUT2D eigenvalue weighted by Crippen LogP contribution is 2.06. The first-order chi connectivity index (χ1) is 13.9. The first kappa shape index (κ1) is 25.0. The number of sulfone groups is 1. The van der Waals surface area contributed by atoms with Gasteiger partial charge in [0.05, 0.1) is 12.3 Å². The Morgan fingerprint density at radius 3 is 2.27 bits per heavy atom. The molecule has 0 aliphatic rings. The van der Waals surface area contributed by atoms with E-state index in [2.05, 4.69) is 21.6 Å². The van der Waals surface area contributed by atoms with Crippen LogP contribution in [-0.2, 0) is 21.0 Å². The number of carbonyl (C=O) groups is 3. The first-order valence-corrected chi connectivity index (χ1v) is 11.2. The molecule has 1 rings (SSSR count). The second-order valence-electron chi connectivity index (χ2n) is 7.44. The van der Waals surface area contributed by atoms with E-state index >= 15 is 0 Å². The highest BCUT2D eigenvalue weighted by atomic mass is 32.2. The van der Waals surface area contributed by atoms with Gasteiger partial charge in [0.2, 0.25) is 0 Å². The van der Waals surface area contributed by atoms with Gasteiger partial charge in [0.25, 0.3) is 0 Å². The highest BCUT2D eigenvalue weighted by molar-refractivity contribution is 7.90. The van der Waals surface area contributed by atoms with Crippen LogP contribution in [0.15, 0.2) is 30.3 Å². The molecule has 0 unspecified atom stereocenters. The van der Waals surface area contributed by atoms with Gasteiger partial charge in [-0.15, -0.1) is 0 Å². The van der Waals surface area contributed by atoms with Crippen LogP contribution in [0.1, 0.15) is 26.3 Å². The van der Waals surface area contributed by atoms with Gasteiger partial charge in [-0.25, -0.2) is 44.1 Å². The number of benzene rings is 1. The molecule has 11 nitrogen and oxygen atoms in total. The number of hydrogen-bond donors (Lipinski definition) is 4. The lowest BCUT2D eigenvalue weighted by Gasteiger charge is -2.26. The molecule has 1 aromatic rings. The molecule has 0 aliphatic carbocycles. The van der Waals surface area contributed by atoms with E-state index in [0.717, 1.165) is 11.8 Å². The normalized spacial score (nSPS) is 11.2. The largest absolute Gasteiger partial charge is 0.443 e. The third-order valence-corrected chi connectivity index (χ3v) is 4.31. The van der Waals surface area contributed by atoms with Gasteiger partial charge in [-0.1, -0.05) is 30.3 Å². The second kappa shape index (κ2) is 11.2. The van der Waals surface area contributed by atoms with Gasteiger partial charge in [-0.3, -0.25) is 0 Å². The van der Waals surface area contributed by atoms with E-state index in [9.17, 15) is 22.8 Å². The molecule has 5 amide bonds. The molecule has 0 saturated heterocycles. The van der Waals surface area contributed by atoms with Crippen LogP contribution in [0.25, 0.3) is 0 Å². The lowest BCUT2D eigenvalue weighted by atomic mass is 10.1. The maximum Gasteiger partial charge on any atom is 0.426 e. The Bertz CT molecular complexity index is 823. The zero-order chi connectivity index (χ0) is 22.8. The van der Waals surface area contributed by atoms with Gasteiger partial charge < -0.3 is 10.1 Å². The molecule has 0 saturated carbocycles. The maximum atomic E-state index is 12.3. The molecule has 0 atom stereocenters. The van der Waals surface area contributed by atoms with E-state index in [0.29, 0.717) is 18.0 Å². The van der Waals surface area contributed by atoms with E-state index in [1.165, 1.54) is 0 Å². The number of carbonyl (C=O) groups excluding carboxylic acids is 3. The van der Waals surface area contributed by atoms with Crippen LogP contribution in [-0.4, -0.2) is 62.3 Å². The number of ether oxygens (including phenoxy) is 1. The summed E-state index contributed by atoms with van der Waals surface area (Å²) >= 11 is 0. The molecule has 30 heavy (non-hydrogen) atoms. The van der Waals surface area contributed by atoms with E-state index in [-0.39, 0.29) is 6.54 Å². The minimum absolute atomic E-state index is 0.333. The van der Waals surface area contributed by atoms with E-state index in [4.69, 9.17) is 4.74 Å². The summed E-state index contributed by atoms with van der Waals surface area (Å²) < 4.78 is 27.8. The SMILES string of the molecule is CC(C)(C)OC(=O)NN(CCS(C)(=O)=O)C(=O)NNC(=O)NCCc1ccccc1. The third-order valence-electron chi connectivity index (χ3n) is 3.38. The molecule has 0 radical (unpaired) electrons. The predicted octanol–water partition coefficient (Wildman–Crippen LogP) is 0.939. The van der Waals surface area contributed by atoms with Crippen LogP contribution in [0.5, 0.6) is 0 Å². The average molecular weight is 444 g/mol. The molecular weight excluding hydrogens is 414 g/mol. The van der Waals surface area contributed by atoms with Crippen molar-refractivity contribution in [3.05, 3.63) is 35.9 Å². The number of amides is 5. The van der Waals surface area contributed by atoms with Crippen molar-refractivity contribution in [2.75, 3.05) is 25.1 Å². The molecule has 0 aromatic heterocycles. The molecule has 0 fully saturated rings. The monoisotopic (exact) mass is 443 g/mol. The van der Waals surface area contributed by atoms with E-state index < -0.39 is 39.3 Å². The Kier molecular flexibility index (Phi) is 9.37. The second-order valence-corrected chi connectivity index (χ2v) is 9.70. The van der Waals surface area contributed by atoms with Crippen molar-refractivity contribution < 1.29 is 27.5 Å². The summed E-state index contributed by atoms with van der Waals surface area (Å²) in [6.07, 6.45) is 0.649. The van der Waals surface area contributed by atoms with Gasteiger partial charge in [-0.05, 0) is 32.8 Å². The summed E-state index contributed by atoms with van der Waals surface area (Å²) in [6, 6.07) is 7.89. The summed E-state index contributed by atoms with van der Waals surface area (Å²) in [6.45, 7) is 4.89. The number of nitrogens with one attached hydrogen (secondary N) is 4. The molecule has 12 heteroatoms.